The molecule has 0 rings (SSSR count). The maximum atomic E-state index is 11.5. The molecule has 0 heterocycles. The third-order valence-electron chi connectivity index (χ3n) is 3.44. The monoisotopic (exact) mass is 370 g/mol. The Hall–Kier alpha value is 0.773. The molecular formula is C16H35O3PZn. The van der Waals surface area contributed by atoms with Crippen LogP contribution in [0.1, 0.15) is 90.9 Å². The molecule has 0 saturated carbocycles. The van der Waals surface area contributed by atoms with Gasteiger partial charge in [0.1, 0.15) is 0 Å². The van der Waals surface area contributed by atoms with Gasteiger partial charge in [-0.25, -0.2) is 0 Å². The fraction of sp³-hybridized carbons (Fsp3) is 1.00. The van der Waals surface area contributed by atoms with Gasteiger partial charge in [0.15, 0.2) is 0 Å². The molecule has 0 aliphatic rings. The van der Waals surface area contributed by atoms with Crippen LogP contribution in [0, 0.1) is 0 Å². The molecule has 0 aliphatic heterocycles. The van der Waals surface area contributed by atoms with Crippen molar-refractivity contribution < 1.29 is 33.1 Å². The zero-order valence-electron chi connectivity index (χ0n) is 14.3. The number of hydrogen-bond donors (Lipinski definition) is 0. The van der Waals surface area contributed by atoms with E-state index in [1.807, 2.05) is 0 Å². The topological polar surface area (TPSA) is 35.5 Å². The minimum Gasteiger partial charge on any atom is -0.311 e. The van der Waals surface area contributed by atoms with Gasteiger partial charge >= 0.3 is 8.25 Å². The molecule has 0 unspecified atom stereocenters. The number of unbranched alkanes of at least 4 members (excludes halogenated alkanes) is 10. The van der Waals surface area contributed by atoms with Crippen LogP contribution in [0.15, 0.2) is 0 Å². The normalized spacial score (nSPS) is 10.8. The Bertz CT molecular complexity index is 196. The van der Waals surface area contributed by atoms with Crippen molar-refractivity contribution in [2.75, 3.05) is 13.2 Å². The largest absolute Gasteiger partial charge is 0.319 e. The molecule has 124 valence electrons. The summed E-state index contributed by atoms with van der Waals surface area (Å²) in [4.78, 5) is 0. The smallest absolute Gasteiger partial charge is 0.311 e. The quantitative estimate of drug-likeness (QED) is 0.186. The van der Waals surface area contributed by atoms with Crippen molar-refractivity contribution >= 4 is 8.25 Å². The summed E-state index contributed by atoms with van der Waals surface area (Å²) in [7, 11) is -2.23. The molecule has 0 aromatic carbocycles. The predicted molar refractivity (Wildman–Crippen MR) is 87.7 cm³/mol. The first kappa shape index (κ1) is 24.0. The molecule has 0 radical (unpaired) electrons. The van der Waals surface area contributed by atoms with Crippen molar-refractivity contribution in [3.05, 3.63) is 0 Å². The van der Waals surface area contributed by atoms with Gasteiger partial charge in [0, 0.05) is 19.5 Å². The van der Waals surface area contributed by atoms with Gasteiger partial charge in [-0.15, -0.1) is 0 Å². The van der Waals surface area contributed by atoms with Crippen LogP contribution in [0.2, 0.25) is 0 Å². The second-order valence-electron chi connectivity index (χ2n) is 5.48. The van der Waals surface area contributed by atoms with Crippen molar-refractivity contribution in [2.24, 2.45) is 0 Å². The Morgan fingerprint density at radius 2 is 0.952 bits per heavy atom. The number of hydrogen-bond acceptors (Lipinski definition) is 3. The molecule has 0 amide bonds. The molecule has 3 nitrogen and oxygen atoms in total. The summed E-state index contributed by atoms with van der Waals surface area (Å²) in [5.74, 6) is 0. The van der Waals surface area contributed by atoms with Crippen LogP contribution in [0.25, 0.3) is 0 Å². The third kappa shape index (κ3) is 20.8. The van der Waals surface area contributed by atoms with E-state index in [0.717, 1.165) is 12.8 Å². The second-order valence-corrected chi connectivity index (χ2v) is 6.56. The van der Waals surface area contributed by atoms with Gasteiger partial charge in [0.05, 0.1) is 13.2 Å². The van der Waals surface area contributed by atoms with E-state index >= 15 is 0 Å². The van der Waals surface area contributed by atoms with E-state index in [9.17, 15) is 4.57 Å². The second kappa shape index (κ2) is 20.8. The fourth-order valence-electron chi connectivity index (χ4n) is 2.12. The molecule has 0 atom stereocenters. The van der Waals surface area contributed by atoms with Crippen molar-refractivity contribution in [1.82, 2.24) is 0 Å². The Morgan fingerprint density at radius 1 is 0.619 bits per heavy atom. The summed E-state index contributed by atoms with van der Waals surface area (Å²) in [5, 5.41) is 0. The van der Waals surface area contributed by atoms with Crippen LogP contribution in [0.4, 0.5) is 0 Å². The predicted octanol–water partition coefficient (Wildman–Crippen LogP) is 6.13. The van der Waals surface area contributed by atoms with Crippen LogP contribution in [-0.4, -0.2) is 13.2 Å². The van der Waals surface area contributed by atoms with Gasteiger partial charge in [0.25, 0.3) is 0 Å². The van der Waals surface area contributed by atoms with E-state index in [1.54, 1.807) is 0 Å². The Balaban J connectivity index is 0. The van der Waals surface area contributed by atoms with Crippen molar-refractivity contribution in [1.29, 1.82) is 0 Å². The molecule has 0 aliphatic carbocycles. The van der Waals surface area contributed by atoms with Gasteiger partial charge < -0.3 is 9.05 Å². The molecule has 0 spiro atoms. The molecule has 5 heteroatoms. The molecule has 0 saturated heterocycles. The van der Waals surface area contributed by atoms with E-state index < -0.39 is 8.25 Å². The first-order chi connectivity index (χ1) is 9.81. The summed E-state index contributed by atoms with van der Waals surface area (Å²) in [5.41, 5.74) is 0. The van der Waals surface area contributed by atoms with Crippen molar-refractivity contribution in [3.8, 4) is 0 Å². The summed E-state index contributed by atoms with van der Waals surface area (Å²) in [6.07, 6.45) is 14.7. The van der Waals surface area contributed by atoms with Crippen LogP contribution in [0.5, 0.6) is 0 Å². The van der Waals surface area contributed by atoms with E-state index in [0.29, 0.717) is 13.2 Å². The molecule has 0 aromatic rings. The zero-order valence-corrected chi connectivity index (χ0v) is 18.3. The van der Waals surface area contributed by atoms with Crippen LogP contribution < -0.4 is 0 Å². The van der Waals surface area contributed by atoms with E-state index in [1.165, 1.54) is 64.2 Å². The SMILES string of the molecule is CCCCCCCCO[PH](=O)OCCCCCCCC.[Zn]. The molecule has 0 N–H and O–H groups in total. The standard InChI is InChI=1S/C16H35O3P.Zn/c1-3-5-7-9-11-13-15-18-20(17)19-16-14-12-10-8-6-4-2;/h20H,3-16H2,1-2H3;. The van der Waals surface area contributed by atoms with Crippen LogP contribution in [-0.2, 0) is 33.1 Å². The molecule has 0 fully saturated rings. The Labute approximate surface area is 145 Å². The summed E-state index contributed by atoms with van der Waals surface area (Å²) in [6, 6.07) is 0. The summed E-state index contributed by atoms with van der Waals surface area (Å²) >= 11 is 0. The minimum atomic E-state index is -2.23. The Kier molecular flexibility index (Phi) is 23.8. The maximum absolute atomic E-state index is 11.5. The number of rotatable bonds is 16. The van der Waals surface area contributed by atoms with E-state index in [-0.39, 0.29) is 19.5 Å². The van der Waals surface area contributed by atoms with Crippen LogP contribution >= 0.6 is 8.25 Å². The first-order valence-corrected chi connectivity index (χ1v) is 9.83. The van der Waals surface area contributed by atoms with Gasteiger partial charge in [-0.05, 0) is 12.8 Å². The minimum absolute atomic E-state index is 0. The van der Waals surface area contributed by atoms with E-state index in [2.05, 4.69) is 13.8 Å². The molecule has 0 bridgehead atoms. The fourth-order valence-corrected chi connectivity index (χ4v) is 2.82. The van der Waals surface area contributed by atoms with Gasteiger partial charge in [0.2, 0.25) is 0 Å². The molecule has 0 aromatic heterocycles. The first-order valence-electron chi connectivity index (χ1n) is 8.60. The summed E-state index contributed by atoms with van der Waals surface area (Å²) in [6.45, 7) is 5.60. The van der Waals surface area contributed by atoms with Crippen molar-refractivity contribution in [2.45, 2.75) is 90.9 Å². The zero-order chi connectivity index (χ0) is 14.9. The molecule has 21 heavy (non-hydrogen) atoms. The third-order valence-corrected chi connectivity index (χ3v) is 4.32. The van der Waals surface area contributed by atoms with Gasteiger partial charge in [-0.2, -0.15) is 0 Å². The Morgan fingerprint density at radius 3 is 1.33 bits per heavy atom. The van der Waals surface area contributed by atoms with Gasteiger partial charge in [-0.1, -0.05) is 78.1 Å². The average Bonchev–Trinajstić information content (AvgIpc) is 2.45. The average molecular weight is 372 g/mol. The maximum Gasteiger partial charge on any atom is 0.319 e. The van der Waals surface area contributed by atoms with Crippen LogP contribution in [0.3, 0.4) is 0 Å². The summed E-state index contributed by atoms with van der Waals surface area (Å²) < 4.78 is 21.9. The molecular weight excluding hydrogens is 337 g/mol. The van der Waals surface area contributed by atoms with Gasteiger partial charge in [-0.3, -0.25) is 4.57 Å². The van der Waals surface area contributed by atoms with Crippen molar-refractivity contribution in [3.63, 3.8) is 0 Å². The van der Waals surface area contributed by atoms with E-state index in [4.69, 9.17) is 9.05 Å².